The third kappa shape index (κ3) is 3.13. The van der Waals surface area contributed by atoms with Gasteiger partial charge in [-0.05, 0) is 25.8 Å². The van der Waals surface area contributed by atoms with Gasteiger partial charge < -0.3 is 4.74 Å². The molecule has 7 heteroatoms. The number of hydrogen-bond donors (Lipinski definition) is 1. The number of amides is 1. The van der Waals surface area contributed by atoms with Crippen molar-refractivity contribution in [2.24, 2.45) is 0 Å². The van der Waals surface area contributed by atoms with Crippen LogP contribution in [0.1, 0.15) is 34.6 Å². The van der Waals surface area contributed by atoms with Gasteiger partial charge in [-0.1, -0.05) is 6.92 Å². The van der Waals surface area contributed by atoms with Crippen LogP contribution in [0.5, 0.6) is 0 Å². The lowest BCUT2D eigenvalue weighted by molar-refractivity contribution is 0.0527. The highest BCUT2D eigenvalue weighted by Crippen LogP contribution is 2.34. The molecule has 0 aliphatic heterocycles. The lowest BCUT2D eigenvalue weighted by Gasteiger charge is -2.08. The van der Waals surface area contributed by atoms with Gasteiger partial charge in [-0.25, -0.2) is 14.6 Å². The molecule has 0 fully saturated rings. The van der Waals surface area contributed by atoms with E-state index in [-0.39, 0.29) is 6.03 Å². The van der Waals surface area contributed by atoms with E-state index >= 15 is 0 Å². The van der Waals surface area contributed by atoms with Crippen molar-refractivity contribution in [2.45, 2.75) is 27.2 Å². The molecule has 21 heavy (non-hydrogen) atoms. The zero-order chi connectivity index (χ0) is 15.4. The molecule has 2 heterocycles. The minimum Gasteiger partial charge on any atom is -0.462 e. The van der Waals surface area contributed by atoms with Gasteiger partial charge in [0.15, 0.2) is 0 Å². The van der Waals surface area contributed by atoms with E-state index in [0.29, 0.717) is 23.6 Å². The predicted octanol–water partition coefficient (Wildman–Crippen LogP) is 3.07. The van der Waals surface area contributed by atoms with Gasteiger partial charge in [-0.2, -0.15) is 0 Å². The number of anilines is 1. The Kier molecular flexibility index (Phi) is 4.74. The van der Waals surface area contributed by atoms with Crippen LogP contribution in [-0.4, -0.2) is 28.2 Å². The number of hydrogen-bond acceptors (Lipinski definition) is 5. The summed E-state index contributed by atoms with van der Waals surface area (Å²) in [5, 5.41) is 3.26. The molecule has 0 radical (unpaired) electrons. The van der Waals surface area contributed by atoms with E-state index in [9.17, 15) is 9.59 Å². The molecule has 0 saturated heterocycles. The summed E-state index contributed by atoms with van der Waals surface area (Å²) in [6.07, 6.45) is 5.17. The zero-order valence-corrected chi connectivity index (χ0v) is 13.0. The summed E-state index contributed by atoms with van der Waals surface area (Å²) in [5.41, 5.74) is 1.37. The number of nitrogens with zero attached hydrogens (tertiary/aromatic N) is 2. The molecule has 0 aliphatic rings. The van der Waals surface area contributed by atoms with E-state index in [1.54, 1.807) is 13.1 Å². The normalized spacial score (nSPS) is 10.4. The van der Waals surface area contributed by atoms with Crippen molar-refractivity contribution in [2.75, 3.05) is 11.9 Å². The number of carbonyl (C=O) groups excluding carboxylic acids is 2. The SMILES string of the molecule is CCOC(=O)c1c(NC(=O)n2ccnc2)sc(C)c1CC. The average Bonchev–Trinajstić information content (AvgIpc) is 3.06. The summed E-state index contributed by atoms with van der Waals surface area (Å²) >= 11 is 1.38. The molecule has 1 amide bonds. The van der Waals surface area contributed by atoms with Gasteiger partial charge in [-0.3, -0.25) is 9.88 Å². The largest absolute Gasteiger partial charge is 0.462 e. The van der Waals surface area contributed by atoms with Gasteiger partial charge in [0.25, 0.3) is 0 Å². The quantitative estimate of drug-likeness (QED) is 0.881. The summed E-state index contributed by atoms with van der Waals surface area (Å²) in [6.45, 7) is 5.95. The number of carbonyl (C=O) groups is 2. The van der Waals surface area contributed by atoms with E-state index in [0.717, 1.165) is 10.4 Å². The molecule has 0 spiro atoms. The highest BCUT2D eigenvalue weighted by Gasteiger charge is 2.23. The molecule has 0 aromatic carbocycles. The Morgan fingerprint density at radius 3 is 2.76 bits per heavy atom. The second-order valence-corrected chi connectivity index (χ2v) is 5.54. The van der Waals surface area contributed by atoms with Crippen molar-refractivity contribution in [3.63, 3.8) is 0 Å². The van der Waals surface area contributed by atoms with Gasteiger partial charge >= 0.3 is 12.0 Å². The maximum atomic E-state index is 12.1. The van der Waals surface area contributed by atoms with Crippen molar-refractivity contribution < 1.29 is 14.3 Å². The first kappa shape index (κ1) is 15.2. The Morgan fingerprint density at radius 2 is 2.19 bits per heavy atom. The zero-order valence-electron chi connectivity index (χ0n) is 12.2. The van der Waals surface area contributed by atoms with E-state index in [4.69, 9.17) is 4.74 Å². The number of rotatable bonds is 4. The average molecular weight is 307 g/mol. The van der Waals surface area contributed by atoms with Crippen molar-refractivity contribution in [1.29, 1.82) is 0 Å². The molecule has 1 N–H and O–H groups in total. The molecule has 0 aliphatic carbocycles. The molecular formula is C14H17N3O3S. The van der Waals surface area contributed by atoms with Crippen LogP contribution in [0.15, 0.2) is 18.7 Å². The molecular weight excluding hydrogens is 290 g/mol. The van der Waals surface area contributed by atoms with Crippen molar-refractivity contribution in [1.82, 2.24) is 9.55 Å². The minimum atomic E-state index is -0.403. The van der Waals surface area contributed by atoms with Crippen molar-refractivity contribution in [3.8, 4) is 0 Å². The molecule has 112 valence electrons. The fourth-order valence-corrected chi connectivity index (χ4v) is 3.18. The topological polar surface area (TPSA) is 73.2 Å². The lowest BCUT2D eigenvalue weighted by Crippen LogP contribution is -2.19. The Balaban J connectivity index is 2.34. The number of aryl methyl sites for hydroxylation is 1. The summed E-state index contributed by atoms with van der Waals surface area (Å²) in [6, 6.07) is -0.359. The second kappa shape index (κ2) is 6.53. The van der Waals surface area contributed by atoms with E-state index in [2.05, 4.69) is 10.3 Å². The van der Waals surface area contributed by atoms with Crippen LogP contribution in [0.2, 0.25) is 0 Å². The van der Waals surface area contributed by atoms with Crippen LogP contribution in [0, 0.1) is 6.92 Å². The molecule has 2 rings (SSSR count). The summed E-state index contributed by atoms with van der Waals surface area (Å²) in [7, 11) is 0. The van der Waals surface area contributed by atoms with E-state index < -0.39 is 5.97 Å². The maximum absolute atomic E-state index is 12.1. The van der Waals surface area contributed by atoms with Gasteiger partial charge in [0, 0.05) is 17.3 Å². The van der Waals surface area contributed by atoms with Crippen LogP contribution in [0.4, 0.5) is 9.80 Å². The summed E-state index contributed by atoms with van der Waals surface area (Å²) < 4.78 is 6.41. The van der Waals surface area contributed by atoms with Gasteiger partial charge in [-0.15, -0.1) is 11.3 Å². The van der Waals surface area contributed by atoms with Gasteiger partial charge in [0.2, 0.25) is 0 Å². The molecule has 0 atom stereocenters. The van der Waals surface area contributed by atoms with Crippen molar-refractivity contribution >= 4 is 28.3 Å². The highest BCUT2D eigenvalue weighted by molar-refractivity contribution is 7.16. The standard InChI is InChI=1S/C14H17N3O3S/c1-4-10-9(3)21-12(11(10)13(18)20-5-2)16-14(19)17-7-6-15-8-17/h6-8H,4-5H2,1-3H3,(H,16,19). The van der Waals surface area contributed by atoms with Crippen LogP contribution >= 0.6 is 11.3 Å². The predicted molar refractivity (Wildman–Crippen MR) is 81.0 cm³/mol. The van der Waals surface area contributed by atoms with E-state index in [1.165, 1.54) is 28.4 Å². The summed E-state index contributed by atoms with van der Waals surface area (Å²) in [4.78, 5) is 29.0. The third-order valence-corrected chi connectivity index (χ3v) is 4.06. The van der Waals surface area contributed by atoms with Crippen LogP contribution < -0.4 is 5.32 Å². The number of imidazole rings is 1. The number of aromatic nitrogens is 2. The van der Waals surface area contributed by atoms with Gasteiger partial charge in [0.1, 0.15) is 11.3 Å². The molecule has 2 aromatic rings. The second-order valence-electron chi connectivity index (χ2n) is 4.32. The van der Waals surface area contributed by atoms with Gasteiger partial charge in [0.05, 0.1) is 12.2 Å². The Bertz CT molecular complexity index is 647. The number of esters is 1. The fraction of sp³-hybridized carbons (Fsp3) is 0.357. The Hall–Kier alpha value is -2.15. The van der Waals surface area contributed by atoms with E-state index in [1.807, 2.05) is 13.8 Å². The van der Waals surface area contributed by atoms with Crippen LogP contribution in [0.3, 0.4) is 0 Å². The smallest absolute Gasteiger partial charge is 0.341 e. The third-order valence-electron chi connectivity index (χ3n) is 3.00. The number of ether oxygens (including phenoxy) is 1. The first-order valence-corrected chi connectivity index (χ1v) is 7.48. The minimum absolute atomic E-state index is 0.297. The molecule has 0 saturated carbocycles. The molecule has 0 unspecified atom stereocenters. The van der Waals surface area contributed by atoms with Crippen molar-refractivity contribution in [3.05, 3.63) is 34.7 Å². The number of thiophene rings is 1. The highest BCUT2D eigenvalue weighted by atomic mass is 32.1. The first-order chi connectivity index (χ1) is 10.1. The van der Waals surface area contributed by atoms with Crippen LogP contribution in [-0.2, 0) is 11.2 Å². The molecule has 0 bridgehead atoms. The first-order valence-electron chi connectivity index (χ1n) is 6.67. The fourth-order valence-electron chi connectivity index (χ4n) is 2.05. The maximum Gasteiger partial charge on any atom is 0.341 e. The molecule has 2 aromatic heterocycles. The lowest BCUT2D eigenvalue weighted by atomic mass is 10.1. The Labute approximate surface area is 126 Å². The monoisotopic (exact) mass is 307 g/mol. The summed E-state index contributed by atoms with van der Waals surface area (Å²) in [5.74, 6) is -0.403. The number of nitrogens with one attached hydrogen (secondary N) is 1. The Morgan fingerprint density at radius 1 is 1.43 bits per heavy atom. The molecule has 6 nitrogen and oxygen atoms in total. The van der Waals surface area contributed by atoms with Crippen LogP contribution in [0.25, 0.3) is 0 Å².